The predicted molar refractivity (Wildman–Crippen MR) is 74.4 cm³/mol. The van der Waals surface area contributed by atoms with E-state index in [1.807, 2.05) is 0 Å². The van der Waals surface area contributed by atoms with E-state index >= 15 is 0 Å². The second kappa shape index (κ2) is 7.38. The molecular weight excluding hydrogens is 208 g/mol. The molecule has 1 unspecified atom stereocenters. The van der Waals surface area contributed by atoms with Gasteiger partial charge in [0.15, 0.2) is 0 Å². The quantitative estimate of drug-likeness (QED) is 0.757. The van der Waals surface area contributed by atoms with Gasteiger partial charge in [0.05, 0.1) is 0 Å². The highest BCUT2D eigenvalue weighted by molar-refractivity contribution is 4.77. The summed E-state index contributed by atoms with van der Waals surface area (Å²) in [4.78, 5) is 2.65. The number of piperidine rings is 1. The van der Waals surface area contributed by atoms with Crippen LogP contribution in [0.25, 0.3) is 0 Å². The summed E-state index contributed by atoms with van der Waals surface area (Å²) in [5.74, 6) is 0. The highest BCUT2D eigenvalue weighted by atomic mass is 15.2. The van der Waals surface area contributed by atoms with Crippen LogP contribution in [0.1, 0.15) is 64.7 Å². The second-order valence-electron chi connectivity index (χ2n) is 6.12. The Hall–Kier alpha value is -0.0800. The molecule has 1 N–H and O–H groups in total. The van der Waals surface area contributed by atoms with Crippen LogP contribution in [-0.4, -0.2) is 36.6 Å². The smallest absolute Gasteiger partial charge is 0.0169 e. The van der Waals surface area contributed by atoms with Crippen LogP contribution in [0.5, 0.6) is 0 Å². The standard InChI is InChI=1S/C15H30N2/c1-14(13-17-11-7-4-8-12-17)16-15-9-5-2-3-6-10-15/h14-16H,2-13H2,1H3. The fourth-order valence-electron chi connectivity index (χ4n) is 3.43. The fourth-order valence-corrected chi connectivity index (χ4v) is 3.43. The third-order valence-corrected chi connectivity index (χ3v) is 4.36. The normalized spacial score (nSPS) is 26.6. The number of hydrogen-bond donors (Lipinski definition) is 1. The van der Waals surface area contributed by atoms with Gasteiger partial charge in [0, 0.05) is 18.6 Å². The Bertz CT molecular complexity index is 191. The van der Waals surface area contributed by atoms with Crippen molar-refractivity contribution in [2.45, 2.75) is 76.8 Å². The lowest BCUT2D eigenvalue weighted by atomic mass is 10.1. The molecule has 1 aliphatic carbocycles. The van der Waals surface area contributed by atoms with Gasteiger partial charge in [-0.15, -0.1) is 0 Å². The molecule has 0 amide bonds. The van der Waals surface area contributed by atoms with E-state index in [9.17, 15) is 0 Å². The van der Waals surface area contributed by atoms with Crippen LogP contribution in [0, 0.1) is 0 Å². The zero-order valence-electron chi connectivity index (χ0n) is 11.6. The van der Waals surface area contributed by atoms with Crippen LogP contribution in [0.15, 0.2) is 0 Å². The molecule has 0 aromatic carbocycles. The summed E-state index contributed by atoms with van der Waals surface area (Å²) in [5, 5.41) is 3.86. The number of nitrogens with zero attached hydrogens (tertiary/aromatic N) is 1. The van der Waals surface area contributed by atoms with E-state index < -0.39 is 0 Å². The average molecular weight is 238 g/mol. The minimum absolute atomic E-state index is 0.677. The van der Waals surface area contributed by atoms with E-state index in [4.69, 9.17) is 0 Å². The molecule has 100 valence electrons. The van der Waals surface area contributed by atoms with Crippen molar-refractivity contribution in [1.82, 2.24) is 10.2 Å². The number of nitrogens with one attached hydrogen (secondary N) is 1. The van der Waals surface area contributed by atoms with Crippen LogP contribution in [-0.2, 0) is 0 Å². The molecular formula is C15H30N2. The van der Waals surface area contributed by atoms with Gasteiger partial charge in [-0.1, -0.05) is 32.1 Å². The van der Waals surface area contributed by atoms with Crippen molar-refractivity contribution in [2.24, 2.45) is 0 Å². The molecule has 0 spiro atoms. The molecule has 2 heteroatoms. The van der Waals surface area contributed by atoms with E-state index in [2.05, 4.69) is 17.1 Å². The molecule has 1 heterocycles. The molecule has 0 aromatic rings. The van der Waals surface area contributed by atoms with Gasteiger partial charge in [-0.05, 0) is 45.7 Å². The van der Waals surface area contributed by atoms with E-state index in [0.717, 1.165) is 6.04 Å². The summed E-state index contributed by atoms with van der Waals surface area (Å²) < 4.78 is 0. The van der Waals surface area contributed by atoms with Gasteiger partial charge in [-0.3, -0.25) is 0 Å². The molecule has 0 bridgehead atoms. The van der Waals surface area contributed by atoms with Crippen LogP contribution < -0.4 is 5.32 Å². The van der Waals surface area contributed by atoms with Crippen molar-refractivity contribution in [2.75, 3.05) is 19.6 Å². The maximum Gasteiger partial charge on any atom is 0.0169 e. The maximum atomic E-state index is 3.86. The van der Waals surface area contributed by atoms with Gasteiger partial charge in [0.25, 0.3) is 0 Å². The largest absolute Gasteiger partial charge is 0.310 e. The molecule has 2 nitrogen and oxygen atoms in total. The molecule has 1 saturated heterocycles. The highest BCUT2D eigenvalue weighted by Gasteiger charge is 2.17. The molecule has 1 saturated carbocycles. The Kier molecular flexibility index (Phi) is 5.79. The van der Waals surface area contributed by atoms with Crippen molar-refractivity contribution in [3.63, 3.8) is 0 Å². The predicted octanol–water partition coefficient (Wildman–Crippen LogP) is 3.17. The molecule has 0 aromatic heterocycles. The van der Waals surface area contributed by atoms with Crippen LogP contribution in [0.2, 0.25) is 0 Å². The van der Waals surface area contributed by atoms with Crippen molar-refractivity contribution < 1.29 is 0 Å². The summed E-state index contributed by atoms with van der Waals surface area (Å²) in [7, 11) is 0. The van der Waals surface area contributed by atoms with Gasteiger partial charge < -0.3 is 10.2 Å². The summed E-state index contributed by atoms with van der Waals surface area (Å²) in [6, 6.07) is 1.48. The number of likely N-dealkylation sites (tertiary alicyclic amines) is 1. The van der Waals surface area contributed by atoms with Crippen molar-refractivity contribution in [3.05, 3.63) is 0 Å². The summed E-state index contributed by atoms with van der Waals surface area (Å²) in [5.41, 5.74) is 0. The lowest BCUT2D eigenvalue weighted by Gasteiger charge is -2.31. The third-order valence-electron chi connectivity index (χ3n) is 4.36. The Morgan fingerprint density at radius 3 is 2.18 bits per heavy atom. The van der Waals surface area contributed by atoms with Crippen molar-refractivity contribution >= 4 is 0 Å². The summed E-state index contributed by atoms with van der Waals surface area (Å²) >= 11 is 0. The van der Waals surface area contributed by atoms with Crippen LogP contribution in [0.3, 0.4) is 0 Å². The lowest BCUT2D eigenvalue weighted by molar-refractivity contribution is 0.202. The first kappa shape index (κ1) is 13.4. The van der Waals surface area contributed by atoms with Gasteiger partial charge >= 0.3 is 0 Å². The Morgan fingerprint density at radius 2 is 1.53 bits per heavy atom. The van der Waals surface area contributed by atoms with Crippen molar-refractivity contribution in [3.8, 4) is 0 Å². The van der Waals surface area contributed by atoms with E-state index in [1.165, 1.54) is 77.4 Å². The zero-order valence-corrected chi connectivity index (χ0v) is 11.6. The monoisotopic (exact) mass is 238 g/mol. The van der Waals surface area contributed by atoms with Crippen molar-refractivity contribution in [1.29, 1.82) is 0 Å². The zero-order chi connectivity index (χ0) is 11.9. The molecule has 1 aliphatic heterocycles. The van der Waals surface area contributed by atoms with Gasteiger partial charge in [0.2, 0.25) is 0 Å². The van der Waals surface area contributed by atoms with E-state index in [-0.39, 0.29) is 0 Å². The summed E-state index contributed by atoms with van der Waals surface area (Å²) in [6.07, 6.45) is 12.9. The molecule has 2 rings (SSSR count). The first-order chi connectivity index (χ1) is 8.34. The average Bonchev–Trinajstić information content (AvgIpc) is 2.59. The van der Waals surface area contributed by atoms with Gasteiger partial charge in [-0.2, -0.15) is 0 Å². The SMILES string of the molecule is CC(CN1CCCCC1)NC1CCCCCC1. The number of rotatable bonds is 4. The second-order valence-corrected chi connectivity index (χ2v) is 6.12. The van der Waals surface area contributed by atoms with Gasteiger partial charge in [-0.25, -0.2) is 0 Å². The van der Waals surface area contributed by atoms with Crippen LogP contribution in [0.4, 0.5) is 0 Å². The fraction of sp³-hybridized carbons (Fsp3) is 1.00. The maximum absolute atomic E-state index is 3.86. The molecule has 17 heavy (non-hydrogen) atoms. The number of hydrogen-bond acceptors (Lipinski definition) is 2. The third kappa shape index (κ3) is 4.97. The minimum Gasteiger partial charge on any atom is -0.310 e. The van der Waals surface area contributed by atoms with E-state index in [1.54, 1.807) is 0 Å². The highest BCUT2D eigenvalue weighted by Crippen LogP contribution is 2.18. The Labute approximate surface area is 107 Å². The van der Waals surface area contributed by atoms with Gasteiger partial charge in [0.1, 0.15) is 0 Å². The van der Waals surface area contributed by atoms with E-state index in [0.29, 0.717) is 6.04 Å². The first-order valence-corrected chi connectivity index (χ1v) is 7.83. The van der Waals surface area contributed by atoms with Crippen LogP contribution >= 0.6 is 0 Å². The lowest BCUT2D eigenvalue weighted by Crippen LogP contribution is -2.45. The molecule has 0 radical (unpaired) electrons. The molecule has 2 aliphatic rings. The molecule has 2 fully saturated rings. The molecule has 1 atom stereocenters. The Morgan fingerprint density at radius 1 is 0.941 bits per heavy atom. The Balaban J connectivity index is 1.66. The summed E-state index contributed by atoms with van der Waals surface area (Å²) in [6.45, 7) is 6.30. The minimum atomic E-state index is 0.677. The topological polar surface area (TPSA) is 15.3 Å². The first-order valence-electron chi connectivity index (χ1n) is 7.83.